The summed E-state index contributed by atoms with van der Waals surface area (Å²) in [7, 11) is 1.44. The second-order valence-electron chi connectivity index (χ2n) is 7.24. The van der Waals surface area contributed by atoms with Gasteiger partial charge in [0.1, 0.15) is 12.7 Å². The SMILES string of the molecule is COCC(CO)OP(=O)(OCCO)SCc1ccccc1COC(=O)C(C)(C)C. The monoisotopic (exact) mass is 450 g/mol. The quantitative estimate of drug-likeness (QED) is 0.346. The summed E-state index contributed by atoms with van der Waals surface area (Å²) in [6, 6.07) is 7.32. The molecular weight excluding hydrogens is 419 g/mol. The van der Waals surface area contributed by atoms with E-state index in [2.05, 4.69) is 0 Å². The number of methoxy groups -OCH3 is 1. The third-order valence-corrected chi connectivity index (χ3v) is 7.36. The van der Waals surface area contributed by atoms with Crippen molar-refractivity contribution in [3.8, 4) is 0 Å². The first kappa shape index (κ1) is 26.1. The maximum atomic E-state index is 13.1. The molecule has 1 rings (SSSR count). The van der Waals surface area contributed by atoms with Gasteiger partial charge < -0.3 is 19.7 Å². The van der Waals surface area contributed by atoms with Crippen LogP contribution in [0.4, 0.5) is 0 Å². The zero-order chi connectivity index (χ0) is 21.9. The lowest BCUT2D eigenvalue weighted by Gasteiger charge is -2.23. The van der Waals surface area contributed by atoms with E-state index < -0.39 is 18.3 Å². The molecule has 0 saturated carbocycles. The first-order valence-electron chi connectivity index (χ1n) is 9.17. The van der Waals surface area contributed by atoms with Crippen LogP contribution in [0.1, 0.15) is 31.9 Å². The van der Waals surface area contributed by atoms with Crippen molar-refractivity contribution in [2.45, 2.75) is 39.2 Å². The normalized spacial score (nSPS) is 15.0. The number of esters is 1. The van der Waals surface area contributed by atoms with Crippen LogP contribution in [0, 0.1) is 5.41 Å². The number of benzene rings is 1. The number of hydrogen-bond acceptors (Lipinski definition) is 9. The molecule has 1 aromatic rings. The lowest BCUT2D eigenvalue weighted by atomic mass is 9.97. The highest BCUT2D eigenvalue weighted by Gasteiger charge is 2.30. The molecule has 10 heteroatoms. The van der Waals surface area contributed by atoms with E-state index in [9.17, 15) is 14.5 Å². The number of rotatable bonds is 13. The number of carbonyl (C=O) groups is 1. The minimum absolute atomic E-state index is 0.0445. The summed E-state index contributed by atoms with van der Waals surface area (Å²) in [5, 5.41) is 18.4. The predicted molar refractivity (Wildman–Crippen MR) is 111 cm³/mol. The number of aliphatic hydroxyl groups is 2. The van der Waals surface area contributed by atoms with Crippen molar-refractivity contribution >= 4 is 24.1 Å². The highest BCUT2D eigenvalue weighted by atomic mass is 32.7. The summed E-state index contributed by atoms with van der Waals surface area (Å²) in [6.07, 6.45) is -0.819. The van der Waals surface area contributed by atoms with Crippen LogP contribution in [0.5, 0.6) is 0 Å². The molecule has 0 aliphatic carbocycles. The fourth-order valence-corrected chi connectivity index (χ4v) is 5.54. The lowest BCUT2D eigenvalue weighted by Crippen LogP contribution is -2.23. The van der Waals surface area contributed by atoms with E-state index in [0.29, 0.717) is 0 Å². The molecular formula is C19H31O8PS. The van der Waals surface area contributed by atoms with Gasteiger partial charge in [-0.3, -0.25) is 13.8 Å². The van der Waals surface area contributed by atoms with E-state index >= 15 is 0 Å². The van der Waals surface area contributed by atoms with Gasteiger partial charge in [-0.1, -0.05) is 24.3 Å². The van der Waals surface area contributed by atoms with Gasteiger partial charge in [-0.15, -0.1) is 0 Å². The lowest BCUT2D eigenvalue weighted by molar-refractivity contribution is -0.154. The molecule has 2 atom stereocenters. The Hall–Kier alpha value is -0.930. The molecule has 0 saturated heterocycles. The van der Waals surface area contributed by atoms with E-state index in [4.69, 9.17) is 23.6 Å². The Morgan fingerprint density at radius 3 is 2.41 bits per heavy atom. The van der Waals surface area contributed by atoms with Crippen LogP contribution in [0.15, 0.2) is 24.3 Å². The zero-order valence-electron chi connectivity index (χ0n) is 17.3. The zero-order valence-corrected chi connectivity index (χ0v) is 19.0. The highest BCUT2D eigenvalue weighted by molar-refractivity contribution is 8.54. The molecule has 0 amide bonds. The predicted octanol–water partition coefficient (Wildman–Crippen LogP) is 3.15. The average Bonchev–Trinajstić information content (AvgIpc) is 2.68. The van der Waals surface area contributed by atoms with E-state index in [-0.39, 0.29) is 44.8 Å². The van der Waals surface area contributed by atoms with Crippen molar-refractivity contribution in [3.05, 3.63) is 35.4 Å². The van der Waals surface area contributed by atoms with Crippen LogP contribution >= 0.6 is 18.2 Å². The molecule has 0 aliphatic rings. The largest absolute Gasteiger partial charge is 0.460 e. The van der Waals surface area contributed by atoms with Gasteiger partial charge >= 0.3 is 12.8 Å². The van der Waals surface area contributed by atoms with Gasteiger partial charge in [-0.2, -0.15) is 0 Å². The minimum atomic E-state index is -3.68. The van der Waals surface area contributed by atoms with Crippen molar-refractivity contribution < 1.29 is 38.1 Å². The first-order chi connectivity index (χ1) is 13.6. The van der Waals surface area contributed by atoms with Crippen LogP contribution in [0.25, 0.3) is 0 Å². The van der Waals surface area contributed by atoms with Crippen molar-refractivity contribution in [1.82, 2.24) is 0 Å². The summed E-state index contributed by atoms with van der Waals surface area (Å²) in [5.74, 6) is -0.0533. The Labute approximate surface area is 176 Å². The molecule has 2 N–H and O–H groups in total. The number of ether oxygens (including phenoxy) is 2. The van der Waals surface area contributed by atoms with Gasteiger partial charge in [0.25, 0.3) is 0 Å². The molecule has 0 fully saturated rings. The summed E-state index contributed by atoms with van der Waals surface area (Å²) in [6.45, 7) is 0.923. The van der Waals surface area contributed by atoms with E-state index in [1.54, 1.807) is 20.8 Å². The third-order valence-electron chi connectivity index (χ3n) is 3.64. The smallest absolute Gasteiger partial charge is 0.389 e. The Morgan fingerprint density at radius 1 is 1.21 bits per heavy atom. The Morgan fingerprint density at radius 2 is 1.86 bits per heavy atom. The van der Waals surface area contributed by atoms with Gasteiger partial charge in [0.15, 0.2) is 0 Å². The van der Waals surface area contributed by atoms with Crippen molar-refractivity contribution in [3.63, 3.8) is 0 Å². The van der Waals surface area contributed by atoms with E-state index in [1.807, 2.05) is 24.3 Å². The Bertz CT molecular complexity index is 676. The Kier molecular flexibility index (Phi) is 11.4. The van der Waals surface area contributed by atoms with Gasteiger partial charge in [-0.05, 0) is 43.3 Å². The van der Waals surface area contributed by atoms with E-state index in [1.165, 1.54) is 7.11 Å². The van der Waals surface area contributed by atoms with E-state index in [0.717, 1.165) is 22.5 Å². The van der Waals surface area contributed by atoms with Crippen LogP contribution in [0.2, 0.25) is 0 Å². The second-order valence-corrected chi connectivity index (χ2v) is 11.3. The highest BCUT2D eigenvalue weighted by Crippen LogP contribution is 2.62. The van der Waals surface area contributed by atoms with Crippen LogP contribution in [-0.4, -0.2) is 55.8 Å². The average molecular weight is 450 g/mol. The number of hydrogen-bond donors (Lipinski definition) is 2. The Balaban J connectivity index is 2.85. The fraction of sp³-hybridized carbons (Fsp3) is 0.632. The molecule has 166 valence electrons. The van der Waals surface area contributed by atoms with Gasteiger partial charge in [0, 0.05) is 12.9 Å². The number of aliphatic hydroxyl groups excluding tert-OH is 2. The molecule has 0 bridgehead atoms. The molecule has 29 heavy (non-hydrogen) atoms. The molecule has 0 radical (unpaired) electrons. The molecule has 8 nitrogen and oxygen atoms in total. The minimum Gasteiger partial charge on any atom is -0.460 e. The van der Waals surface area contributed by atoms with Crippen molar-refractivity contribution in [2.75, 3.05) is 33.5 Å². The standard InChI is InChI=1S/C19H31O8PS/c1-19(2,3)18(22)25-12-15-7-5-6-8-16(15)14-29-28(23,26-10-9-20)27-17(11-21)13-24-4/h5-8,17,20-21H,9-14H2,1-4H3. The molecule has 1 aromatic carbocycles. The number of carbonyl (C=O) groups excluding carboxylic acids is 1. The maximum Gasteiger partial charge on any atom is 0.389 e. The van der Waals surface area contributed by atoms with Crippen molar-refractivity contribution in [1.29, 1.82) is 0 Å². The molecule has 0 aliphatic heterocycles. The molecule has 0 aromatic heterocycles. The summed E-state index contributed by atoms with van der Waals surface area (Å²) < 4.78 is 34.1. The molecule has 0 spiro atoms. The van der Waals surface area contributed by atoms with Crippen LogP contribution < -0.4 is 0 Å². The second kappa shape index (κ2) is 12.7. The fourth-order valence-electron chi connectivity index (χ4n) is 2.08. The summed E-state index contributed by atoms with van der Waals surface area (Å²) in [5.41, 5.74) is 0.983. The first-order valence-corrected chi connectivity index (χ1v) is 12.3. The maximum absolute atomic E-state index is 13.1. The van der Waals surface area contributed by atoms with Crippen LogP contribution in [-0.2, 0) is 40.2 Å². The van der Waals surface area contributed by atoms with Gasteiger partial charge in [0.2, 0.25) is 0 Å². The summed E-state index contributed by atoms with van der Waals surface area (Å²) in [4.78, 5) is 12.0. The van der Waals surface area contributed by atoms with Crippen LogP contribution in [0.3, 0.4) is 0 Å². The summed E-state index contributed by atoms with van der Waals surface area (Å²) >= 11 is 0.933. The molecule has 0 heterocycles. The topological polar surface area (TPSA) is 112 Å². The van der Waals surface area contributed by atoms with Gasteiger partial charge in [-0.25, -0.2) is 4.57 Å². The third kappa shape index (κ3) is 9.61. The van der Waals surface area contributed by atoms with Gasteiger partial charge in [0.05, 0.1) is 31.8 Å². The molecule has 2 unspecified atom stereocenters. The van der Waals surface area contributed by atoms with Crippen molar-refractivity contribution in [2.24, 2.45) is 5.41 Å².